The van der Waals surface area contributed by atoms with Crippen LogP contribution in [0.25, 0.3) is 0 Å². The molecule has 0 spiro atoms. The van der Waals surface area contributed by atoms with Crippen LogP contribution in [0.2, 0.25) is 0 Å². The van der Waals surface area contributed by atoms with E-state index in [9.17, 15) is 9.90 Å². The minimum Gasteiger partial charge on any atom is -0.397 e. The highest BCUT2D eigenvalue weighted by Gasteiger charge is 2.24. The molecule has 6 heteroatoms. The molecule has 6 nitrogen and oxygen atoms in total. The van der Waals surface area contributed by atoms with Gasteiger partial charge in [-0.3, -0.25) is 9.78 Å². The van der Waals surface area contributed by atoms with Gasteiger partial charge in [-0.1, -0.05) is 0 Å². The number of pyridine rings is 1. The normalized spacial score (nSPS) is 14.7. The lowest BCUT2D eigenvalue weighted by molar-refractivity contribution is -0.132. The highest BCUT2D eigenvalue weighted by Crippen LogP contribution is 2.14. The molecule has 0 bridgehead atoms. The maximum absolute atomic E-state index is 10.5. The zero-order valence-corrected chi connectivity index (χ0v) is 7.29. The van der Waals surface area contributed by atoms with E-state index in [2.05, 4.69) is 4.98 Å². The summed E-state index contributed by atoms with van der Waals surface area (Å²) in [7, 11) is 0. The summed E-state index contributed by atoms with van der Waals surface area (Å²) in [6.07, 6.45) is -1.77. The molecular formula is C8H11N3O3. The lowest BCUT2D eigenvalue weighted by Gasteiger charge is -2.13. The number of anilines is 1. The Morgan fingerprint density at radius 3 is 2.50 bits per heavy atom. The Hall–Kier alpha value is -1.66. The summed E-state index contributed by atoms with van der Waals surface area (Å²) in [5.74, 6) is -1.00. The fraction of sp³-hybridized carbons (Fsp3) is 0.250. The topological polar surface area (TPSA) is 122 Å². The highest BCUT2D eigenvalue weighted by molar-refractivity contribution is 5.79. The summed E-state index contributed by atoms with van der Waals surface area (Å²) in [6.45, 7) is 0. The van der Waals surface area contributed by atoms with Crippen LogP contribution in [0.3, 0.4) is 0 Å². The van der Waals surface area contributed by atoms with Gasteiger partial charge in [-0.2, -0.15) is 0 Å². The number of nitrogens with two attached hydrogens (primary N) is 2. The van der Waals surface area contributed by atoms with Crippen molar-refractivity contribution in [2.45, 2.75) is 12.2 Å². The second kappa shape index (κ2) is 4.03. The van der Waals surface area contributed by atoms with Crippen LogP contribution in [0.15, 0.2) is 18.3 Å². The van der Waals surface area contributed by atoms with Gasteiger partial charge < -0.3 is 21.7 Å². The number of aliphatic hydroxyl groups excluding tert-OH is 2. The Balaban J connectivity index is 2.84. The SMILES string of the molecule is NC(=O)C(O)C(O)c1ccc(N)cn1. The smallest absolute Gasteiger partial charge is 0.249 e. The Kier molecular flexibility index (Phi) is 3.00. The molecule has 0 aromatic carbocycles. The minimum atomic E-state index is -1.66. The van der Waals surface area contributed by atoms with E-state index in [1.807, 2.05) is 0 Å². The number of nitrogens with zero attached hydrogens (tertiary/aromatic N) is 1. The quantitative estimate of drug-likeness (QED) is 0.471. The van der Waals surface area contributed by atoms with Crippen molar-refractivity contribution in [1.29, 1.82) is 0 Å². The second-order valence-corrected chi connectivity index (χ2v) is 2.81. The molecule has 1 rings (SSSR count). The van der Waals surface area contributed by atoms with Crippen LogP contribution in [-0.2, 0) is 4.79 Å². The zero-order chi connectivity index (χ0) is 10.7. The van der Waals surface area contributed by atoms with Gasteiger partial charge in [0, 0.05) is 0 Å². The van der Waals surface area contributed by atoms with Crippen molar-refractivity contribution in [1.82, 2.24) is 4.98 Å². The van der Waals surface area contributed by atoms with Crippen molar-refractivity contribution in [3.05, 3.63) is 24.0 Å². The van der Waals surface area contributed by atoms with Crippen LogP contribution < -0.4 is 11.5 Å². The monoisotopic (exact) mass is 197 g/mol. The average Bonchev–Trinajstić information content (AvgIpc) is 2.16. The fourth-order valence-electron chi connectivity index (χ4n) is 0.909. The van der Waals surface area contributed by atoms with Crippen LogP contribution in [0.5, 0.6) is 0 Å². The molecule has 0 saturated carbocycles. The van der Waals surface area contributed by atoms with Gasteiger partial charge in [0.05, 0.1) is 17.6 Å². The molecule has 1 amide bonds. The predicted molar refractivity (Wildman–Crippen MR) is 48.8 cm³/mol. The van der Waals surface area contributed by atoms with Gasteiger partial charge in [-0.15, -0.1) is 0 Å². The molecule has 0 aliphatic rings. The predicted octanol–water partition coefficient (Wildman–Crippen LogP) is -1.46. The standard InChI is InChI=1S/C8H11N3O3/c9-4-1-2-5(11-3-4)6(12)7(13)8(10)14/h1-3,6-7,12-13H,9H2,(H2,10,14). The molecule has 1 aromatic heterocycles. The molecule has 1 heterocycles. The molecule has 0 aliphatic heterocycles. The molecule has 0 radical (unpaired) electrons. The number of hydrogen-bond acceptors (Lipinski definition) is 5. The van der Waals surface area contributed by atoms with Gasteiger partial charge in [0.25, 0.3) is 0 Å². The third-order valence-electron chi connectivity index (χ3n) is 1.70. The van der Waals surface area contributed by atoms with E-state index in [-0.39, 0.29) is 5.69 Å². The molecule has 0 fully saturated rings. The van der Waals surface area contributed by atoms with E-state index in [1.165, 1.54) is 18.3 Å². The fourth-order valence-corrected chi connectivity index (χ4v) is 0.909. The number of nitrogen functional groups attached to an aromatic ring is 1. The number of primary amides is 1. The number of hydrogen-bond donors (Lipinski definition) is 4. The summed E-state index contributed by atoms with van der Waals surface area (Å²) < 4.78 is 0. The van der Waals surface area contributed by atoms with Gasteiger partial charge in [-0.25, -0.2) is 0 Å². The van der Waals surface area contributed by atoms with Crippen LogP contribution in [0.1, 0.15) is 11.8 Å². The Morgan fingerprint density at radius 1 is 1.43 bits per heavy atom. The van der Waals surface area contributed by atoms with Gasteiger partial charge in [0.15, 0.2) is 6.10 Å². The van der Waals surface area contributed by atoms with Gasteiger partial charge in [0.1, 0.15) is 6.10 Å². The first-order valence-corrected chi connectivity index (χ1v) is 3.89. The summed E-state index contributed by atoms with van der Waals surface area (Å²) in [5, 5.41) is 18.5. The van der Waals surface area contributed by atoms with E-state index in [0.717, 1.165) is 0 Å². The third kappa shape index (κ3) is 2.18. The number of carbonyl (C=O) groups excluding carboxylic acids is 1. The van der Waals surface area contributed by atoms with Gasteiger partial charge in [0.2, 0.25) is 5.91 Å². The van der Waals surface area contributed by atoms with Crippen LogP contribution >= 0.6 is 0 Å². The molecular weight excluding hydrogens is 186 g/mol. The maximum Gasteiger partial charge on any atom is 0.249 e. The summed E-state index contributed by atoms with van der Waals surface area (Å²) >= 11 is 0. The molecule has 2 unspecified atom stereocenters. The van der Waals surface area contributed by atoms with Crippen molar-refractivity contribution < 1.29 is 15.0 Å². The Labute approximate surface area is 80.2 Å². The van der Waals surface area contributed by atoms with E-state index in [4.69, 9.17) is 16.6 Å². The van der Waals surface area contributed by atoms with Gasteiger partial charge >= 0.3 is 0 Å². The highest BCUT2D eigenvalue weighted by atomic mass is 16.3. The van der Waals surface area contributed by atoms with Crippen molar-refractivity contribution in [3.63, 3.8) is 0 Å². The van der Waals surface area contributed by atoms with E-state index in [1.54, 1.807) is 0 Å². The summed E-state index contributed by atoms with van der Waals surface area (Å²) in [6, 6.07) is 2.91. The van der Waals surface area contributed by atoms with E-state index < -0.39 is 18.1 Å². The lowest BCUT2D eigenvalue weighted by Crippen LogP contribution is -2.34. The molecule has 6 N–H and O–H groups in total. The number of aromatic nitrogens is 1. The van der Waals surface area contributed by atoms with E-state index >= 15 is 0 Å². The second-order valence-electron chi connectivity index (χ2n) is 2.81. The first-order valence-electron chi connectivity index (χ1n) is 3.89. The number of aliphatic hydroxyl groups is 2. The van der Waals surface area contributed by atoms with Crippen molar-refractivity contribution >= 4 is 11.6 Å². The zero-order valence-electron chi connectivity index (χ0n) is 7.29. The molecule has 0 aliphatic carbocycles. The number of rotatable bonds is 3. The number of amides is 1. The van der Waals surface area contributed by atoms with Crippen molar-refractivity contribution in [2.24, 2.45) is 5.73 Å². The van der Waals surface area contributed by atoms with Crippen molar-refractivity contribution in [3.8, 4) is 0 Å². The lowest BCUT2D eigenvalue weighted by atomic mass is 10.1. The molecule has 14 heavy (non-hydrogen) atoms. The summed E-state index contributed by atoms with van der Waals surface area (Å²) in [4.78, 5) is 14.3. The third-order valence-corrected chi connectivity index (χ3v) is 1.70. The average molecular weight is 197 g/mol. The molecule has 2 atom stereocenters. The summed E-state index contributed by atoms with van der Waals surface area (Å²) in [5.41, 5.74) is 10.7. The Bertz CT molecular complexity index is 325. The Morgan fingerprint density at radius 2 is 2.07 bits per heavy atom. The molecule has 0 saturated heterocycles. The van der Waals surface area contributed by atoms with Crippen LogP contribution in [0.4, 0.5) is 5.69 Å². The van der Waals surface area contributed by atoms with Crippen LogP contribution in [-0.4, -0.2) is 27.2 Å². The number of carbonyl (C=O) groups is 1. The minimum absolute atomic E-state index is 0.144. The van der Waals surface area contributed by atoms with Crippen molar-refractivity contribution in [2.75, 3.05) is 5.73 Å². The molecule has 76 valence electrons. The maximum atomic E-state index is 10.5. The largest absolute Gasteiger partial charge is 0.397 e. The molecule has 1 aromatic rings. The van der Waals surface area contributed by atoms with E-state index in [0.29, 0.717) is 5.69 Å². The van der Waals surface area contributed by atoms with Gasteiger partial charge in [-0.05, 0) is 12.1 Å². The first-order chi connectivity index (χ1) is 6.52. The van der Waals surface area contributed by atoms with Crippen LogP contribution in [0, 0.1) is 0 Å². The first kappa shape index (κ1) is 10.4.